The summed E-state index contributed by atoms with van der Waals surface area (Å²) in [5, 5.41) is 0. The van der Waals surface area contributed by atoms with E-state index in [0.29, 0.717) is 10.8 Å². The highest BCUT2D eigenvalue weighted by atomic mass is 14.2. The molecule has 2 rings (SSSR count). The molecule has 0 aromatic heterocycles. The summed E-state index contributed by atoms with van der Waals surface area (Å²) in [5.41, 5.74) is 4.18. The second-order valence-electron chi connectivity index (χ2n) is 9.10. The van der Waals surface area contributed by atoms with Gasteiger partial charge in [-0.25, -0.2) is 0 Å². The summed E-state index contributed by atoms with van der Waals surface area (Å²) in [4.78, 5) is 0. The van der Waals surface area contributed by atoms with Crippen LogP contribution in [0.25, 0.3) is 0 Å². The first-order chi connectivity index (χ1) is 9.66. The lowest BCUT2D eigenvalue weighted by atomic mass is 9.87. The van der Waals surface area contributed by atoms with Gasteiger partial charge in [-0.15, -0.1) is 0 Å². The van der Waals surface area contributed by atoms with Crippen LogP contribution in [0.2, 0.25) is 0 Å². The van der Waals surface area contributed by atoms with Crippen molar-refractivity contribution >= 4 is 0 Å². The van der Waals surface area contributed by atoms with Crippen LogP contribution in [0.5, 0.6) is 0 Å². The van der Waals surface area contributed by atoms with E-state index >= 15 is 0 Å². The van der Waals surface area contributed by atoms with E-state index in [1.165, 1.54) is 57.8 Å². The Bertz CT molecular complexity index is 338. The van der Waals surface area contributed by atoms with E-state index in [0.717, 1.165) is 0 Å². The Balaban J connectivity index is 0.000000211. The fraction of sp³-hybridized carbons (Fsp3) is 0.810. The monoisotopic (exact) mass is 290 g/mol. The number of hydrogen-bond acceptors (Lipinski definition) is 0. The van der Waals surface area contributed by atoms with Crippen LogP contribution in [-0.2, 0) is 0 Å². The van der Waals surface area contributed by atoms with Crippen LogP contribution < -0.4 is 0 Å². The van der Waals surface area contributed by atoms with Gasteiger partial charge < -0.3 is 0 Å². The van der Waals surface area contributed by atoms with Gasteiger partial charge in [0.2, 0.25) is 0 Å². The maximum atomic E-state index is 2.46. The van der Waals surface area contributed by atoms with Gasteiger partial charge >= 0.3 is 0 Å². The van der Waals surface area contributed by atoms with Crippen LogP contribution >= 0.6 is 0 Å². The van der Waals surface area contributed by atoms with Gasteiger partial charge in [-0.05, 0) is 62.2 Å². The average Bonchev–Trinajstić information content (AvgIpc) is 2.79. The molecule has 2 fully saturated rings. The smallest absolute Gasteiger partial charge is 0.0200 e. The molecule has 0 saturated heterocycles. The van der Waals surface area contributed by atoms with Crippen molar-refractivity contribution < 1.29 is 0 Å². The first-order valence-corrected chi connectivity index (χ1v) is 9.07. The van der Waals surface area contributed by atoms with E-state index < -0.39 is 0 Å². The molecular weight excluding hydrogens is 252 g/mol. The Morgan fingerprint density at radius 2 is 0.810 bits per heavy atom. The second kappa shape index (κ2) is 8.20. The molecule has 21 heavy (non-hydrogen) atoms. The maximum Gasteiger partial charge on any atom is -0.0200 e. The predicted octanol–water partition coefficient (Wildman–Crippen LogP) is 7.46. The SMILES string of the molecule is CC(C)(C)C=C1CCCC1.CC(C)(C)C=C1CCCCC1. The Labute approximate surface area is 134 Å². The molecule has 0 bridgehead atoms. The molecule has 0 heteroatoms. The van der Waals surface area contributed by atoms with Gasteiger partial charge in [0.15, 0.2) is 0 Å². The normalized spacial score (nSPS) is 19.9. The second-order valence-corrected chi connectivity index (χ2v) is 9.10. The molecule has 0 aromatic carbocycles. The van der Waals surface area contributed by atoms with Crippen LogP contribution in [0.1, 0.15) is 99.3 Å². The highest BCUT2D eigenvalue weighted by Gasteiger charge is 2.12. The lowest BCUT2D eigenvalue weighted by molar-refractivity contribution is 0.518. The third-order valence-electron chi connectivity index (χ3n) is 4.02. The van der Waals surface area contributed by atoms with Crippen LogP contribution in [0, 0.1) is 10.8 Å². The predicted molar refractivity (Wildman–Crippen MR) is 96.6 cm³/mol. The van der Waals surface area contributed by atoms with E-state index in [1.807, 2.05) is 0 Å². The van der Waals surface area contributed by atoms with Gasteiger partial charge in [0, 0.05) is 0 Å². The molecule has 0 unspecified atom stereocenters. The van der Waals surface area contributed by atoms with Crippen molar-refractivity contribution in [2.75, 3.05) is 0 Å². The molecule has 0 amide bonds. The number of allylic oxidation sites excluding steroid dienone is 4. The summed E-state index contributed by atoms with van der Waals surface area (Å²) in [6.45, 7) is 13.7. The molecule has 0 aliphatic heterocycles. The zero-order chi connectivity index (χ0) is 15.9. The third-order valence-corrected chi connectivity index (χ3v) is 4.02. The molecule has 0 aromatic rings. The van der Waals surface area contributed by atoms with Gasteiger partial charge in [-0.1, -0.05) is 71.3 Å². The topological polar surface area (TPSA) is 0 Å². The summed E-state index contributed by atoms with van der Waals surface area (Å²) in [6.07, 6.45) is 17.5. The van der Waals surface area contributed by atoms with E-state index in [1.54, 1.807) is 11.1 Å². The average molecular weight is 291 g/mol. The quantitative estimate of drug-likeness (QED) is 0.406. The minimum absolute atomic E-state index is 0.396. The minimum Gasteiger partial charge on any atom is -0.0799 e. The molecule has 2 aliphatic rings. The molecule has 0 nitrogen and oxygen atoms in total. The largest absolute Gasteiger partial charge is 0.0799 e. The van der Waals surface area contributed by atoms with Crippen molar-refractivity contribution in [3.8, 4) is 0 Å². The van der Waals surface area contributed by atoms with E-state index in [-0.39, 0.29) is 0 Å². The van der Waals surface area contributed by atoms with Crippen molar-refractivity contribution in [2.24, 2.45) is 10.8 Å². The summed E-state index contributed by atoms with van der Waals surface area (Å²) in [6, 6.07) is 0. The van der Waals surface area contributed by atoms with Crippen LogP contribution in [0.4, 0.5) is 0 Å². The van der Waals surface area contributed by atoms with Crippen molar-refractivity contribution in [1.82, 2.24) is 0 Å². The molecule has 0 N–H and O–H groups in total. The van der Waals surface area contributed by atoms with Crippen molar-refractivity contribution in [2.45, 2.75) is 99.3 Å². The highest BCUT2D eigenvalue weighted by molar-refractivity contribution is 5.10. The van der Waals surface area contributed by atoms with Crippen LogP contribution in [0.3, 0.4) is 0 Å². The van der Waals surface area contributed by atoms with E-state index in [9.17, 15) is 0 Å². The van der Waals surface area contributed by atoms with E-state index in [4.69, 9.17) is 0 Å². The fourth-order valence-corrected chi connectivity index (χ4v) is 3.35. The lowest BCUT2D eigenvalue weighted by Crippen LogP contribution is -2.03. The molecule has 0 radical (unpaired) electrons. The van der Waals surface area contributed by atoms with Gasteiger partial charge in [-0.2, -0.15) is 0 Å². The molecule has 122 valence electrons. The fourth-order valence-electron chi connectivity index (χ4n) is 3.35. The third kappa shape index (κ3) is 9.93. The number of hydrogen-bond donors (Lipinski definition) is 0. The molecule has 0 spiro atoms. The van der Waals surface area contributed by atoms with Gasteiger partial charge in [-0.3, -0.25) is 0 Å². The minimum atomic E-state index is 0.396. The molecule has 0 atom stereocenters. The van der Waals surface area contributed by atoms with Gasteiger partial charge in [0.25, 0.3) is 0 Å². The first-order valence-electron chi connectivity index (χ1n) is 9.07. The standard InChI is InChI=1S/C11H20.C10H18/c1-11(2,3)9-10-7-5-4-6-8-10;1-10(2,3)8-9-6-4-5-7-9/h9H,4-8H2,1-3H3;8H,4-7H2,1-3H3. The Morgan fingerprint density at radius 3 is 1.10 bits per heavy atom. The van der Waals surface area contributed by atoms with E-state index in [2.05, 4.69) is 53.7 Å². The lowest BCUT2D eigenvalue weighted by Gasteiger charge is -2.19. The molecule has 2 aliphatic carbocycles. The Morgan fingerprint density at radius 1 is 0.524 bits per heavy atom. The molecular formula is C21H38. The summed E-state index contributed by atoms with van der Waals surface area (Å²) >= 11 is 0. The van der Waals surface area contributed by atoms with Crippen molar-refractivity contribution in [3.05, 3.63) is 23.3 Å². The van der Waals surface area contributed by atoms with Crippen LogP contribution in [-0.4, -0.2) is 0 Å². The molecule has 0 heterocycles. The van der Waals surface area contributed by atoms with Gasteiger partial charge in [0.05, 0.1) is 0 Å². The highest BCUT2D eigenvalue weighted by Crippen LogP contribution is 2.29. The van der Waals surface area contributed by atoms with Crippen LogP contribution in [0.15, 0.2) is 23.3 Å². The zero-order valence-corrected chi connectivity index (χ0v) is 15.5. The van der Waals surface area contributed by atoms with Crippen molar-refractivity contribution in [3.63, 3.8) is 0 Å². The molecule has 2 saturated carbocycles. The number of rotatable bonds is 0. The Hall–Kier alpha value is -0.520. The first kappa shape index (κ1) is 18.5. The zero-order valence-electron chi connectivity index (χ0n) is 15.5. The van der Waals surface area contributed by atoms with Gasteiger partial charge in [0.1, 0.15) is 0 Å². The Kier molecular flexibility index (Phi) is 7.24. The summed E-state index contributed by atoms with van der Waals surface area (Å²) < 4.78 is 0. The summed E-state index contributed by atoms with van der Waals surface area (Å²) in [7, 11) is 0. The summed E-state index contributed by atoms with van der Waals surface area (Å²) in [5.74, 6) is 0. The van der Waals surface area contributed by atoms with Crippen molar-refractivity contribution in [1.29, 1.82) is 0 Å². The maximum absolute atomic E-state index is 2.46.